The lowest BCUT2D eigenvalue weighted by Gasteiger charge is -2.25. The lowest BCUT2D eigenvalue weighted by molar-refractivity contribution is -0.132. The van der Waals surface area contributed by atoms with Crippen LogP contribution >= 0.6 is 0 Å². The highest BCUT2D eigenvalue weighted by atomic mass is 19.1. The van der Waals surface area contributed by atoms with Crippen molar-refractivity contribution in [2.45, 2.75) is 39.4 Å². The molecule has 0 aliphatic heterocycles. The van der Waals surface area contributed by atoms with Gasteiger partial charge in [-0.1, -0.05) is 24.3 Å². The van der Waals surface area contributed by atoms with Gasteiger partial charge in [-0.2, -0.15) is 0 Å². The first kappa shape index (κ1) is 19.9. The molecule has 1 amide bonds. The number of rotatable bonds is 8. The summed E-state index contributed by atoms with van der Waals surface area (Å²) in [5.74, 6) is 0.486. The van der Waals surface area contributed by atoms with E-state index in [1.807, 2.05) is 51.1 Å². The van der Waals surface area contributed by atoms with E-state index in [4.69, 9.17) is 4.74 Å². The smallest absolute Gasteiger partial charge is 0.239 e. The maximum atomic E-state index is 13.3. The molecule has 0 fully saturated rings. The van der Waals surface area contributed by atoms with Crippen LogP contribution in [0.15, 0.2) is 48.5 Å². The summed E-state index contributed by atoms with van der Waals surface area (Å²) in [6, 6.07) is 13.8. The van der Waals surface area contributed by atoms with Crippen LogP contribution in [0.25, 0.3) is 0 Å². The summed E-state index contributed by atoms with van der Waals surface area (Å²) in [6.07, 6.45) is 0. The predicted molar refractivity (Wildman–Crippen MR) is 101 cm³/mol. The number of ether oxygens (including phenoxy) is 1. The van der Waals surface area contributed by atoms with Gasteiger partial charge in [0.1, 0.15) is 11.6 Å². The van der Waals surface area contributed by atoms with Gasteiger partial charge in [0.25, 0.3) is 0 Å². The molecule has 26 heavy (non-hydrogen) atoms. The summed E-state index contributed by atoms with van der Waals surface area (Å²) in [5.41, 5.74) is 1.83. The monoisotopic (exact) mass is 358 g/mol. The molecule has 1 N–H and O–H groups in total. The zero-order chi connectivity index (χ0) is 19.1. The highest BCUT2D eigenvalue weighted by Gasteiger charge is 2.20. The molecule has 2 aromatic carbocycles. The van der Waals surface area contributed by atoms with E-state index >= 15 is 0 Å². The van der Waals surface area contributed by atoms with Gasteiger partial charge in [-0.3, -0.25) is 10.1 Å². The Labute approximate surface area is 155 Å². The molecule has 0 saturated carbocycles. The molecule has 0 aliphatic rings. The SMILES string of the molecule is CCOc1cccc(C(C)NC(C)C(=O)N(C)Cc2cccc(F)c2)c1. The topological polar surface area (TPSA) is 41.6 Å². The highest BCUT2D eigenvalue weighted by molar-refractivity contribution is 5.81. The van der Waals surface area contributed by atoms with E-state index < -0.39 is 0 Å². The van der Waals surface area contributed by atoms with Crippen molar-refractivity contribution in [3.8, 4) is 5.75 Å². The number of hydrogen-bond acceptors (Lipinski definition) is 3. The molecule has 5 heteroatoms. The lowest BCUT2D eigenvalue weighted by Crippen LogP contribution is -2.43. The van der Waals surface area contributed by atoms with E-state index in [1.54, 1.807) is 18.0 Å². The minimum atomic E-state index is -0.362. The van der Waals surface area contributed by atoms with Crippen LogP contribution in [0.1, 0.15) is 37.9 Å². The third-order valence-electron chi connectivity index (χ3n) is 4.22. The second kappa shape index (κ2) is 9.34. The van der Waals surface area contributed by atoms with Crippen LogP contribution < -0.4 is 10.1 Å². The standard InChI is InChI=1S/C21H27FN2O2/c1-5-26-20-11-7-9-18(13-20)15(2)23-16(3)21(25)24(4)14-17-8-6-10-19(22)12-17/h6-13,15-16,23H,5,14H2,1-4H3. The Bertz CT molecular complexity index is 735. The lowest BCUT2D eigenvalue weighted by atomic mass is 10.1. The number of carbonyl (C=O) groups is 1. The quantitative estimate of drug-likeness (QED) is 0.778. The number of hydrogen-bond donors (Lipinski definition) is 1. The molecule has 0 saturated heterocycles. The Kier molecular flexibility index (Phi) is 7.16. The number of likely N-dealkylation sites (N-methyl/N-ethyl adjacent to an activating group) is 1. The van der Waals surface area contributed by atoms with E-state index in [2.05, 4.69) is 5.32 Å². The summed E-state index contributed by atoms with van der Waals surface area (Å²) >= 11 is 0. The summed E-state index contributed by atoms with van der Waals surface area (Å²) < 4.78 is 18.8. The fraction of sp³-hybridized carbons (Fsp3) is 0.381. The van der Waals surface area contributed by atoms with Crippen molar-refractivity contribution in [1.82, 2.24) is 10.2 Å². The summed E-state index contributed by atoms with van der Waals surface area (Å²) in [6.45, 7) is 6.79. The molecule has 4 nitrogen and oxygen atoms in total. The highest BCUT2D eigenvalue weighted by Crippen LogP contribution is 2.20. The van der Waals surface area contributed by atoms with Crippen LogP contribution in [0.5, 0.6) is 5.75 Å². The van der Waals surface area contributed by atoms with Crippen LogP contribution in [0.2, 0.25) is 0 Å². The fourth-order valence-electron chi connectivity index (χ4n) is 2.90. The van der Waals surface area contributed by atoms with Crippen LogP contribution in [-0.4, -0.2) is 30.5 Å². The molecule has 0 aliphatic carbocycles. The van der Waals surface area contributed by atoms with Crippen molar-refractivity contribution in [2.75, 3.05) is 13.7 Å². The van der Waals surface area contributed by atoms with Gasteiger partial charge in [0.2, 0.25) is 5.91 Å². The predicted octanol–water partition coefficient (Wildman–Crippen LogP) is 3.92. The molecule has 0 radical (unpaired) electrons. The van der Waals surface area contributed by atoms with Crippen LogP contribution in [0, 0.1) is 5.82 Å². The van der Waals surface area contributed by atoms with Gasteiger partial charge in [0.15, 0.2) is 0 Å². The number of nitrogens with one attached hydrogen (secondary N) is 1. The first-order chi connectivity index (χ1) is 12.4. The Morgan fingerprint density at radius 3 is 2.62 bits per heavy atom. The molecule has 2 atom stereocenters. The minimum Gasteiger partial charge on any atom is -0.494 e. The third kappa shape index (κ3) is 5.56. The molecule has 140 valence electrons. The number of amides is 1. The first-order valence-corrected chi connectivity index (χ1v) is 8.89. The summed E-state index contributed by atoms with van der Waals surface area (Å²) in [4.78, 5) is 14.2. The number of nitrogens with zero attached hydrogens (tertiary/aromatic N) is 1. The van der Waals surface area contributed by atoms with E-state index in [1.165, 1.54) is 12.1 Å². The Morgan fingerprint density at radius 1 is 1.19 bits per heavy atom. The van der Waals surface area contributed by atoms with Crippen molar-refractivity contribution >= 4 is 5.91 Å². The average molecular weight is 358 g/mol. The van der Waals surface area contributed by atoms with Gasteiger partial charge >= 0.3 is 0 Å². The van der Waals surface area contributed by atoms with Crippen molar-refractivity contribution in [3.05, 3.63) is 65.5 Å². The second-order valence-electron chi connectivity index (χ2n) is 6.44. The largest absolute Gasteiger partial charge is 0.494 e. The second-order valence-corrected chi connectivity index (χ2v) is 6.44. The van der Waals surface area contributed by atoms with E-state index in [9.17, 15) is 9.18 Å². The molecule has 0 spiro atoms. The molecule has 2 unspecified atom stereocenters. The summed E-state index contributed by atoms with van der Waals surface area (Å²) in [7, 11) is 1.73. The molecule has 0 aromatic heterocycles. The van der Waals surface area contributed by atoms with Crippen molar-refractivity contribution < 1.29 is 13.9 Å². The van der Waals surface area contributed by atoms with Crippen molar-refractivity contribution in [1.29, 1.82) is 0 Å². The van der Waals surface area contributed by atoms with Crippen LogP contribution in [0.3, 0.4) is 0 Å². The molecular formula is C21H27FN2O2. The normalized spacial score (nSPS) is 13.1. The zero-order valence-electron chi connectivity index (χ0n) is 15.8. The van der Waals surface area contributed by atoms with Crippen molar-refractivity contribution in [3.63, 3.8) is 0 Å². The molecule has 2 aromatic rings. The maximum absolute atomic E-state index is 13.3. The molecule has 0 heterocycles. The fourth-order valence-corrected chi connectivity index (χ4v) is 2.90. The Hall–Kier alpha value is -2.40. The van der Waals surface area contributed by atoms with Crippen LogP contribution in [0.4, 0.5) is 4.39 Å². The van der Waals surface area contributed by atoms with E-state index in [-0.39, 0.29) is 23.8 Å². The Morgan fingerprint density at radius 2 is 1.92 bits per heavy atom. The first-order valence-electron chi connectivity index (χ1n) is 8.89. The van der Waals surface area contributed by atoms with Gasteiger partial charge in [-0.05, 0) is 56.2 Å². The maximum Gasteiger partial charge on any atom is 0.239 e. The van der Waals surface area contributed by atoms with Crippen LogP contribution in [-0.2, 0) is 11.3 Å². The molecular weight excluding hydrogens is 331 g/mol. The minimum absolute atomic E-state index is 0.00285. The van der Waals surface area contributed by atoms with Gasteiger partial charge in [-0.25, -0.2) is 4.39 Å². The van der Waals surface area contributed by atoms with Gasteiger partial charge in [-0.15, -0.1) is 0 Å². The molecule has 0 bridgehead atoms. The van der Waals surface area contributed by atoms with E-state index in [0.717, 1.165) is 16.9 Å². The van der Waals surface area contributed by atoms with Gasteiger partial charge < -0.3 is 9.64 Å². The average Bonchev–Trinajstić information content (AvgIpc) is 2.61. The third-order valence-corrected chi connectivity index (χ3v) is 4.22. The summed E-state index contributed by atoms with van der Waals surface area (Å²) in [5, 5.41) is 3.32. The number of halogens is 1. The number of carbonyl (C=O) groups excluding carboxylic acids is 1. The Balaban J connectivity index is 1.95. The van der Waals surface area contributed by atoms with Gasteiger partial charge in [0, 0.05) is 19.6 Å². The van der Waals surface area contributed by atoms with Gasteiger partial charge in [0.05, 0.1) is 12.6 Å². The number of benzene rings is 2. The molecule has 2 rings (SSSR count). The zero-order valence-corrected chi connectivity index (χ0v) is 15.8. The van der Waals surface area contributed by atoms with E-state index in [0.29, 0.717) is 13.2 Å². The van der Waals surface area contributed by atoms with Crippen molar-refractivity contribution in [2.24, 2.45) is 0 Å².